The van der Waals surface area contributed by atoms with Crippen molar-refractivity contribution in [1.29, 1.82) is 0 Å². The molecule has 1 amide bonds. The van der Waals surface area contributed by atoms with Crippen LogP contribution < -0.4 is 5.32 Å². The molecule has 4 nitrogen and oxygen atoms in total. The van der Waals surface area contributed by atoms with Gasteiger partial charge in [-0.3, -0.25) is 4.79 Å². The molecule has 3 atom stereocenters. The van der Waals surface area contributed by atoms with Gasteiger partial charge in [-0.1, -0.05) is 6.92 Å². The van der Waals surface area contributed by atoms with Crippen LogP contribution in [0.2, 0.25) is 0 Å². The Kier molecular flexibility index (Phi) is 2.74. The summed E-state index contributed by atoms with van der Waals surface area (Å²) in [6.07, 6.45) is 1.96. The molecule has 0 aromatic heterocycles. The summed E-state index contributed by atoms with van der Waals surface area (Å²) in [6, 6.07) is 0.0687. The second-order valence-corrected chi connectivity index (χ2v) is 4.34. The van der Waals surface area contributed by atoms with Crippen molar-refractivity contribution in [1.82, 2.24) is 10.2 Å². The van der Waals surface area contributed by atoms with Gasteiger partial charge in [-0.25, -0.2) is 0 Å². The molecule has 2 saturated heterocycles. The Morgan fingerprint density at radius 3 is 2.79 bits per heavy atom. The average molecular weight is 198 g/mol. The Morgan fingerprint density at radius 1 is 1.57 bits per heavy atom. The van der Waals surface area contributed by atoms with Crippen LogP contribution in [0.1, 0.15) is 19.8 Å². The van der Waals surface area contributed by atoms with Crippen molar-refractivity contribution in [3.8, 4) is 0 Å². The maximum Gasteiger partial charge on any atom is 0.240 e. The van der Waals surface area contributed by atoms with Crippen LogP contribution in [0, 0.1) is 5.92 Å². The van der Waals surface area contributed by atoms with E-state index in [0.717, 1.165) is 25.9 Å². The Bertz CT molecular complexity index is 228. The summed E-state index contributed by atoms with van der Waals surface area (Å²) in [5.41, 5.74) is 0. The molecule has 4 heteroatoms. The zero-order valence-electron chi connectivity index (χ0n) is 8.57. The lowest BCUT2D eigenvalue weighted by molar-refractivity contribution is -0.137. The lowest BCUT2D eigenvalue weighted by atomic mass is 10.0. The Hall–Kier alpha value is -0.610. The number of amides is 1. The SMILES string of the molecule is CC1CCN(C(=O)C2CCN2)C1CO. The highest BCUT2D eigenvalue weighted by atomic mass is 16.3. The molecule has 2 N–H and O–H groups in total. The Balaban J connectivity index is 1.98. The second kappa shape index (κ2) is 3.87. The van der Waals surface area contributed by atoms with E-state index in [1.165, 1.54) is 0 Å². The number of likely N-dealkylation sites (tertiary alicyclic amines) is 1. The summed E-state index contributed by atoms with van der Waals surface area (Å²) < 4.78 is 0. The summed E-state index contributed by atoms with van der Waals surface area (Å²) in [7, 11) is 0. The zero-order chi connectivity index (χ0) is 10.1. The zero-order valence-corrected chi connectivity index (χ0v) is 8.57. The highest BCUT2D eigenvalue weighted by Gasteiger charge is 2.38. The summed E-state index contributed by atoms with van der Waals surface area (Å²) in [6.45, 7) is 3.95. The third-order valence-corrected chi connectivity index (χ3v) is 3.47. The van der Waals surface area contributed by atoms with E-state index in [9.17, 15) is 9.90 Å². The van der Waals surface area contributed by atoms with Crippen molar-refractivity contribution >= 4 is 5.91 Å². The normalized spacial score (nSPS) is 37.0. The largest absolute Gasteiger partial charge is 0.394 e. The smallest absolute Gasteiger partial charge is 0.240 e. The van der Waals surface area contributed by atoms with Gasteiger partial charge in [-0.2, -0.15) is 0 Å². The summed E-state index contributed by atoms with van der Waals surface area (Å²) >= 11 is 0. The van der Waals surface area contributed by atoms with Crippen LogP contribution in [0.4, 0.5) is 0 Å². The number of hydrogen-bond acceptors (Lipinski definition) is 3. The standard InChI is InChI=1S/C10H18N2O2/c1-7-3-5-12(9(7)6-13)10(14)8-2-4-11-8/h7-9,11,13H,2-6H2,1H3. The number of rotatable bonds is 2. The minimum absolute atomic E-state index is 0.0225. The molecule has 14 heavy (non-hydrogen) atoms. The van der Waals surface area contributed by atoms with E-state index < -0.39 is 0 Å². The lowest BCUT2D eigenvalue weighted by Gasteiger charge is -2.33. The molecular formula is C10H18N2O2. The van der Waals surface area contributed by atoms with Crippen LogP contribution in [-0.2, 0) is 4.79 Å². The van der Waals surface area contributed by atoms with Gasteiger partial charge < -0.3 is 15.3 Å². The van der Waals surface area contributed by atoms with Crippen molar-refractivity contribution < 1.29 is 9.90 Å². The van der Waals surface area contributed by atoms with Gasteiger partial charge in [-0.15, -0.1) is 0 Å². The molecule has 0 radical (unpaired) electrons. The van der Waals surface area contributed by atoms with E-state index in [4.69, 9.17) is 0 Å². The van der Waals surface area contributed by atoms with Crippen LogP contribution in [0.25, 0.3) is 0 Å². The van der Waals surface area contributed by atoms with Gasteiger partial charge in [0.05, 0.1) is 18.7 Å². The molecule has 2 fully saturated rings. The fourth-order valence-corrected chi connectivity index (χ4v) is 2.26. The molecule has 0 aromatic rings. The number of nitrogens with zero attached hydrogens (tertiary/aromatic N) is 1. The first-order chi connectivity index (χ1) is 6.74. The van der Waals surface area contributed by atoms with E-state index in [0.29, 0.717) is 5.92 Å². The highest BCUT2D eigenvalue weighted by Crippen LogP contribution is 2.25. The van der Waals surface area contributed by atoms with E-state index in [1.807, 2.05) is 4.90 Å². The molecule has 2 heterocycles. The maximum absolute atomic E-state index is 11.9. The lowest BCUT2D eigenvalue weighted by Crippen LogP contribution is -2.56. The molecule has 80 valence electrons. The number of carbonyl (C=O) groups excluding carboxylic acids is 1. The van der Waals surface area contributed by atoms with Gasteiger partial charge in [-0.05, 0) is 25.3 Å². The number of aliphatic hydroxyl groups is 1. The summed E-state index contributed by atoms with van der Waals surface area (Å²) in [5, 5.41) is 12.3. The molecule has 0 saturated carbocycles. The first kappa shape index (κ1) is 9.93. The Morgan fingerprint density at radius 2 is 2.29 bits per heavy atom. The van der Waals surface area contributed by atoms with Crippen molar-refractivity contribution in [3.05, 3.63) is 0 Å². The quantitative estimate of drug-likeness (QED) is 0.633. The van der Waals surface area contributed by atoms with Gasteiger partial charge in [0.2, 0.25) is 5.91 Å². The highest BCUT2D eigenvalue weighted by molar-refractivity contribution is 5.83. The second-order valence-electron chi connectivity index (χ2n) is 4.34. The van der Waals surface area contributed by atoms with E-state index >= 15 is 0 Å². The number of nitrogens with one attached hydrogen (secondary N) is 1. The van der Waals surface area contributed by atoms with E-state index in [1.54, 1.807) is 0 Å². The predicted octanol–water partition coefficient (Wildman–Crippen LogP) is -0.422. The topological polar surface area (TPSA) is 52.6 Å². The van der Waals surface area contributed by atoms with Crippen LogP contribution >= 0.6 is 0 Å². The number of hydrogen-bond donors (Lipinski definition) is 2. The first-order valence-electron chi connectivity index (χ1n) is 5.38. The third kappa shape index (κ3) is 1.53. The van der Waals surface area contributed by atoms with Crippen molar-refractivity contribution in [2.75, 3.05) is 19.7 Å². The minimum Gasteiger partial charge on any atom is -0.394 e. The predicted molar refractivity (Wildman–Crippen MR) is 52.8 cm³/mol. The molecule has 3 unspecified atom stereocenters. The molecule has 0 aliphatic carbocycles. The van der Waals surface area contributed by atoms with E-state index in [-0.39, 0.29) is 24.6 Å². The summed E-state index contributed by atoms with van der Waals surface area (Å²) in [4.78, 5) is 13.7. The summed E-state index contributed by atoms with van der Waals surface area (Å²) in [5.74, 6) is 0.615. The van der Waals surface area contributed by atoms with Crippen LogP contribution in [0.15, 0.2) is 0 Å². The molecule has 2 rings (SSSR count). The van der Waals surface area contributed by atoms with Crippen molar-refractivity contribution in [2.24, 2.45) is 5.92 Å². The fourth-order valence-electron chi connectivity index (χ4n) is 2.26. The molecule has 0 bridgehead atoms. The van der Waals surface area contributed by atoms with Gasteiger partial charge >= 0.3 is 0 Å². The molecule has 0 spiro atoms. The van der Waals surface area contributed by atoms with Gasteiger partial charge in [0.15, 0.2) is 0 Å². The van der Waals surface area contributed by atoms with Gasteiger partial charge in [0.1, 0.15) is 0 Å². The third-order valence-electron chi connectivity index (χ3n) is 3.47. The van der Waals surface area contributed by atoms with Crippen LogP contribution in [-0.4, -0.2) is 47.7 Å². The number of aliphatic hydroxyl groups excluding tert-OH is 1. The van der Waals surface area contributed by atoms with Crippen LogP contribution in [0.3, 0.4) is 0 Å². The van der Waals surface area contributed by atoms with Crippen LogP contribution in [0.5, 0.6) is 0 Å². The van der Waals surface area contributed by atoms with Crippen molar-refractivity contribution in [3.63, 3.8) is 0 Å². The van der Waals surface area contributed by atoms with Gasteiger partial charge in [0, 0.05) is 6.54 Å². The van der Waals surface area contributed by atoms with Gasteiger partial charge in [0.25, 0.3) is 0 Å². The fraction of sp³-hybridized carbons (Fsp3) is 0.900. The molecular weight excluding hydrogens is 180 g/mol. The average Bonchev–Trinajstić information content (AvgIpc) is 2.43. The maximum atomic E-state index is 11.9. The molecule has 2 aliphatic heterocycles. The van der Waals surface area contributed by atoms with Crippen molar-refractivity contribution in [2.45, 2.75) is 31.8 Å². The Labute approximate surface area is 84.3 Å². The number of carbonyl (C=O) groups is 1. The molecule has 0 aromatic carbocycles. The first-order valence-corrected chi connectivity index (χ1v) is 5.38. The van der Waals surface area contributed by atoms with E-state index in [2.05, 4.69) is 12.2 Å². The monoisotopic (exact) mass is 198 g/mol. The minimum atomic E-state index is 0.0225. The molecule has 2 aliphatic rings.